The zero-order valence-corrected chi connectivity index (χ0v) is 12.8. The molecule has 0 saturated carbocycles. The molecule has 0 saturated heterocycles. The molecule has 0 fully saturated rings. The van der Waals surface area contributed by atoms with E-state index in [1.54, 1.807) is 0 Å². The van der Waals surface area contributed by atoms with Gasteiger partial charge in [0.25, 0.3) is 0 Å². The molecule has 0 aliphatic heterocycles. The molecule has 0 amide bonds. The summed E-state index contributed by atoms with van der Waals surface area (Å²) in [4.78, 5) is 2.30. The zero-order valence-electron chi connectivity index (χ0n) is 12.8. The fraction of sp³-hybridized carbons (Fsp3) is 0.625. The number of benzene rings is 1. The van der Waals surface area contributed by atoms with Gasteiger partial charge in [-0.1, -0.05) is 38.1 Å². The predicted molar refractivity (Wildman–Crippen MR) is 81.2 cm³/mol. The summed E-state index contributed by atoms with van der Waals surface area (Å²) in [6, 6.07) is 9.32. The van der Waals surface area contributed by atoms with Gasteiger partial charge in [-0.15, -0.1) is 0 Å². The van der Waals surface area contributed by atoms with Gasteiger partial charge in [-0.25, -0.2) is 0 Å². The van der Waals surface area contributed by atoms with Gasteiger partial charge in [0.1, 0.15) is 0 Å². The van der Waals surface area contributed by atoms with Gasteiger partial charge in [0.15, 0.2) is 0 Å². The topological polar surface area (TPSA) is 24.5 Å². The third kappa shape index (κ3) is 7.31. The molecule has 0 atom stereocenters. The maximum Gasteiger partial charge on any atom is 0.0593 e. The summed E-state index contributed by atoms with van der Waals surface area (Å²) in [6.07, 6.45) is 0. The highest BCUT2D eigenvalue weighted by molar-refractivity contribution is 5.23. The Hall–Kier alpha value is -0.900. The molecular weight excluding hydrogens is 236 g/mol. The summed E-state index contributed by atoms with van der Waals surface area (Å²) in [5, 5.41) is 3.45. The van der Waals surface area contributed by atoms with Gasteiger partial charge in [-0.2, -0.15) is 0 Å². The van der Waals surface area contributed by atoms with E-state index in [2.05, 4.69) is 55.4 Å². The number of nitrogens with one attached hydrogen (secondary N) is 1. The SMILES string of the molecule is CCOCCN(C)Cc1cccc(CNC(C)C)c1. The van der Waals surface area contributed by atoms with Crippen LogP contribution in [0, 0.1) is 0 Å². The fourth-order valence-corrected chi connectivity index (χ4v) is 1.92. The first-order valence-corrected chi connectivity index (χ1v) is 7.19. The molecule has 3 heteroatoms. The van der Waals surface area contributed by atoms with Crippen molar-refractivity contribution >= 4 is 0 Å². The van der Waals surface area contributed by atoms with E-state index in [-0.39, 0.29) is 0 Å². The number of hydrogen-bond acceptors (Lipinski definition) is 3. The van der Waals surface area contributed by atoms with Crippen molar-refractivity contribution < 1.29 is 4.74 Å². The third-order valence-corrected chi connectivity index (χ3v) is 2.98. The molecule has 1 N–H and O–H groups in total. The van der Waals surface area contributed by atoms with Crippen LogP contribution in [0.4, 0.5) is 0 Å². The van der Waals surface area contributed by atoms with Gasteiger partial charge < -0.3 is 10.1 Å². The van der Waals surface area contributed by atoms with Crippen molar-refractivity contribution in [2.24, 2.45) is 0 Å². The summed E-state index contributed by atoms with van der Waals surface area (Å²) in [6.45, 7) is 10.9. The van der Waals surface area contributed by atoms with Gasteiger partial charge in [-0.05, 0) is 25.1 Å². The van der Waals surface area contributed by atoms with Crippen LogP contribution in [0.15, 0.2) is 24.3 Å². The predicted octanol–water partition coefficient (Wildman–Crippen LogP) is 2.65. The van der Waals surface area contributed by atoms with Crippen LogP contribution in [0.1, 0.15) is 31.9 Å². The Morgan fingerprint density at radius 3 is 2.68 bits per heavy atom. The van der Waals surface area contributed by atoms with Crippen molar-refractivity contribution in [1.82, 2.24) is 10.2 Å². The lowest BCUT2D eigenvalue weighted by Gasteiger charge is -2.17. The normalized spacial score (nSPS) is 11.5. The molecule has 19 heavy (non-hydrogen) atoms. The molecule has 0 aliphatic rings. The van der Waals surface area contributed by atoms with E-state index in [1.165, 1.54) is 11.1 Å². The second kappa shape index (κ2) is 9.08. The Morgan fingerprint density at radius 1 is 1.26 bits per heavy atom. The van der Waals surface area contributed by atoms with Gasteiger partial charge in [0.05, 0.1) is 6.61 Å². The monoisotopic (exact) mass is 264 g/mol. The molecule has 0 aliphatic carbocycles. The Balaban J connectivity index is 2.42. The first kappa shape index (κ1) is 16.2. The maximum absolute atomic E-state index is 5.38. The number of ether oxygens (including phenoxy) is 1. The number of rotatable bonds is 9. The van der Waals surface area contributed by atoms with Gasteiger partial charge in [-0.3, -0.25) is 4.90 Å². The molecule has 0 spiro atoms. The highest BCUT2D eigenvalue weighted by atomic mass is 16.5. The van der Waals surface area contributed by atoms with E-state index < -0.39 is 0 Å². The molecular formula is C16H28N2O. The molecule has 1 aromatic carbocycles. The Kier molecular flexibility index (Phi) is 7.72. The molecule has 0 aromatic heterocycles. The average Bonchev–Trinajstić information content (AvgIpc) is 2.37. The molecule has 0 unspecified atom stereocenters. The van der Waals surface area contributed by atoms with E-state index in [1.807, 2.05) is 6.92 Å². The molecule has 0 radical (unpaired) electrons. The fourth-order valence-electron chi connectivity index (χ4n) is 1.92. The highest BCUT2D eigenvalue weighted by Gasteiger charge is 2.02. The van der Waals surface area contributed by atoms with Crippen molar-refractivity contribution in [3.05, 3.63) is 35.4 Å². The third-order valence-electron chi connectivity index (χ3n) is 2.98. The first-order chi connectivity index (χ1) is 9.11. The smallest absolute Gasteiger partial charge is 0.0593 e. The van der Waals surface area contributed by atoms with Crippen LogP contribution in [0.3, 0.4) is 0 Å². The average molecular weight is 264 g/mol. The van der Waals surface area contributed by atoms with Crippen molar-refractivity contribution in [2.45, 2.75) is 39.9 Å². The molecule has 1 rings (SSSR count). The lowest BCUT2D eigenvalue weighted by atomic mass is 10.1. The molecule has 1 aromatic rings. The Labute approximate surface area is 118 Å². The first-order valence-electron chi connectivity index (χ1n) is 7.19. The largest absolute Gasteiger partial charge is 0.380 e. The quantitative estimate of drug-likeness (QED) is 0.694. The lowest BCUT2D eigenvalue weighted by molar-refractivity contribution is 0.120. The van der Waals surface area contributed by atoms with Crippen LogP contribution in [0.2, 0.25) is 0 Å². The van der Waals surface area contributed by atoms with Gasteiger partial charge >= 0.3 is 0 Å². The molecule has 3 nitrogen and oxygen atoms in total. The van der Waals surface area contributed by atoms with E-state index in [0.717, 1.165) is 32.8 Å². The van der Waals surface area contributed by atoms with Crippen LogP contribution in [-0.2, 0) is 17.8 Å². The lowest BCUT2D eigenvalue weighted by Crippen LogP contribution is -2.23. The van der Waals surface area contributed by atoms with Gasteiger partial charge in [0.2, 0.25) is 0 Å². The van der Waals surface area contributed by atoms with Crippen molar-refractivity contribution in [3.8, 4) is 0 Å². The van der Waals surface area contributed by atoms with Crippen LogP contribution < -0.4 is 5.32 Å². The van der Waals surface area contributed by atoms with Crippen LogP contribution in [0.5, 0.6) is 0 Å². The van der Waals surface area contributed by atoms with E-state index >= 15 is 0 Å². The minimum absolute atomic E-state index is 0.525. The minimum Gasteiger partial charge on any atom is -0.380 e. The number of nitrogens with zero attached hydrogens (tertiary/aromatic N) is 1. The van der Waals surface area contributed by atoms with Crippen LogP contribution in [0.25, 0.3) is 0 Å². The van der Waals surface area contributed by atoms with Crippen molar-refractivity contribution in [3.63, 3.8) is 0 Å². The highest BCUT2D eigenvalue weighted by Crippen LogP contribution is 2.08. The Morgan fingerprint density at radius 2 is 2.00 bits per heavy atom. The minimum atomic E-state index is 0.525. The van der Waals surface area contributed by atoms with Gasteiger partial charge in [0, 0.05) is 32.3 Å². The Bertz CT molecular complexity index is 352. The summed E-state index contributed by atoms with van der Waals surface area (Å²) in [5.41, 5.74) is 2.71. The summed E-state index contributed by atoms with van der Waals surface area (Å²) in [5.74, 6) is 0. The molecule has 108 valence electrons. The van der Waals surface area contributed by atoms with Crippen LogP contribution in [-0.4, -0.2) is 37.7 Å². The van der Waals surface area contributed by atoms with E-state index in [4.69, 9.17) is 4.74 Å². The maximum atomic E-state index is 5.38. The summed E-state index contributed by atoms with van der Waals surface area (Å²) in [7, 11) is 2.14. The summed E-state index contributed by atoms with van der Waals surface area (Å²) < 4.78 is 5.38. The standard InChI is InChI=1S/C16H28N2O/c1-5-19-10-9-18(4)13-16-8-6-7-15(11-16)12-17-14(2)3/h6-8,11,14,17H,5,9-10,12-13H2,1-4H3. The van der Waals surface area contributed by atoms with Crippen LogP contribution >= 0.6 is 0 Å². The number of hydrogen-bond donors (Lipinski definition) is 1. The summed E-state index contributed by atoms with van der Waals surface area (Å²) >= 11 is 0. The number of likely N-dealkylation sites (N-methyl/N-ethyl adjacent to an activating group) is 1. The zero-order chi connectivity index (χ0) is 14.1. The van der Waals surface area contributed by atoms with Crippen molar-refractivity contribution in [2.75, 3.05) is 26.8 Å². The molecule has 0 heterocycles. The second-order valence-corrected chi connectivity index (χ2v) is 5.29. The van der Waals surface area contributed by atoms with E-state index in [9.17, 15) is 0 Å². The van der Waals surface area contributed by atoms with Crippen molar-refractivity contribution in [1.29, 1.82) is 0 Å². The second-order valence-electron chi connectivity index (χ2n) is 5.29. The molecule has 0 bridgehead atoms. The van der Waals surface area contributed by atoms with E-state index in [0.29, 0.717) is 6.04 Å².